The van der Waals surface area contributed by atoms with Crippen molar-refractivity contribution >= 4 is 59.1 Å². The average molecular weight is 1780 g/mol. The molecule has 7 heterocycles. The zero-order valence-electron chi connectivity index (χ0n) is 65.6. The van der Waals surface area contributed by atoms with Crippen molar-refractivity contribution in [2.45, 2.75) is 279 Å². The minimum atomic E-state index is -2.18. The lowest BCUT2D eigenvalue weighted by molar-refractivity contribution is -0.366. The van der Waals surface area contributed by atoms with Gasteiger partial charge in [-0.2, -0.15) is 0 Å². The zero-order chi connectivity index (χ0) is 89.9. The van der Waals surface area contributed by atoms with E-state index in [2.05, 4.69) is 37.2 Å². The van der Waals surface area contributed by atoms with Crippen LogP contribution in [0.15, 0.2) is 0 Å². The number of amides is 9. The van der Waals surface area contributed by atoms with Crippen LogP contribution in [0.25, 0.3) is 0 Å². The van der Waals surface area contributed by atoms with Gasteiger partial charge in [0.05, 0.1) is 66.1 Å². The quantitative estimate of drug-likeness (QED) is 0.0199. The molecule has 0 unspecified atom stereocenters. The molecule has 7 saturated heterocycles. The number of unbranched alkanes of at least 4 members (excludes halogenated alkanes) is 1. The molecule has 7 rings (SSSR count). The van der Waals surface area contributed by atoms with Crippen LogP contribution in [0, 0.1) is 0 Å². The molecule has 7 aliphatic rings. The van der Waals surface area contributed by atoms with Crippen molar-refractivity contribution in [2.24, 2.45) is 0 Å². The summed E-state index contributed by atoms with van der Waals surface area (Å²) in [6.45, 7) is -9.16. The van der Waals surface area contributed by atoms with Crippen molar-refractivity contribution < 1.29 is 222 Å². The summed E-state index contributed by atoms with van der Waals surface area (Å²) in [5.74, 6) is -9.88. The maximum absolute atomic E-state index is 15.0. The summed E-state index contributed by atoms with van der Waals surface area (Å²) in [5, 5.41) is 245. The third-order valence-corrected chi connectivity index (χ3v) is 20.5. The third kappa shape index (κ3) is 28.8. The molecule has 33 atom stereocenters. The fourth-order valence-corrected chi connectivity index (χ4v) is 13.3. The van der Waals surface area contributed by atoms with Gasteiger partial charge in [-0.25, -0.2) is 4.79 Å². The molecule has 53 heteroatoms. The second kappa shape index (κ2) is 50.2. The molecule has 7 fully saturated rings. The van der Waals surface area contributed by atoms with Gasteiger partial charge in [0.1, 0.15) is 165 Å². The number of imide groups is 1. The molecule has 0 radical (unpaired) electrons. The summed E-state index contributed by atoms with van der Waals surface area (Å²) in [6.07, 6.45) is -59.9. The minimum Gasteiger partial charge on any atom is -0.394 e. The van der Waals surface area contributed by atoms with Crippen molar-refractivity contribution in [1.82, 2.24) is 42.3 Å². The molecule has 53 nitrogen and oxygen atoms in total. The number of ether oxygens (including phenoxy) is 12. The predicted molar refractivity (Wildman–Crippen MR) is 385 cm³/mol. The van der Waals surface area contributed by atoms with E-state index in [9.17, 15) is 160 Å². The van der Waals surface area contributed by atoms with Crippen LogP contribution < -0.4 is 37.2 Å². The number of hydroxylamine groups is 2. The molecular weight excluding hydrogens is 1660 g/mol. The van der Waals surface area contributed by atoms with Gasteiger partial charge >= 0.3 is 5.97 Å². The van der Waals surface area contributed by atoms with Crippen molar-refractivity contribution in [2.75, 3.05) is 92.2 Å². The number of hydrogen-bond donors (Lipinski definition) is 29. The van der Waals surface area contributed by atoms with Gasteiger partial charge in [0.25, 0.3) is 11.8 Å². The van der Waals surface area contributed by atoms with E-state index in [1.807, 2.05) is 0 Å². The van der Waals surface area contributed by atoms with Gasteiger partial charge < -0.3 is 211 Å². The van der Waals surface area contributed by atoms with Crippen LogP contribution in [-0.4, -0.2) is 471 Å². The van der Waals surface area contributed by atoms with Gasteiger partial charge in [-0.1, -0.05) is 0 Å². The first kappa shape index (κ1) is 103. The highest BCUT2D eigenvalue weighted by Crippen LogP contribution is 2.33. The van der Waals surface area contributed by atoms with Crippen LogP contribution in [0.2, 0.25) is 0 Å². The number of carbonyl (C=O) groups is 10. The molecule has 7 aliphatic heterocycles. The van der Waals surface area contributed by atoms with Crippen molar-refractivity contribution in [1.29, 1.82) is 0 Å². The topological polar surface area (TPSA) is 823 Å². The highest BCUT2D eigenvalue weighted by Gasteiger charge is 2.54. The number of aliphatic hydroxyl groups is 22. The van der Waals surface area contributed by atoms with Crippen LogP contribution in [-0.2, 0) is 110 Å². The lowest BCUT2D eigenvalue weighted by Crippen LogP contribution is -2.65. The van der Waals surface area contributed by atoms with E-state index in [4.69, 9.17) is 61.7 Å². The molecule has 0 saturated carbocycles. The summed E-state index contributed by atoms with van der Waals surface area (Å²) in [7, 11) is 0. The standard InChI is InChI=1S/C69H114N8O45/c78-21-30-43(90)49(96)54(101)64(115-30)110-17-13-70-36(83)8-5-27(61(107)73-16-20-113-68-59(106)60(121-69-58(105)53(100)47(94)34(25-82)119-69)48(95)35(120-68)26-114-67-57(104)52(99)46(93)33(24-81)118-67)75-63(109)29(7-10-38(85)72-15-19-112-66-56(103)51(98)45(92)32(23-80)117-66)76-62(108)28(74-39(86)3-1-2-4-42(89)122-77-40(87)11-12-41(77)88)6-9-37(84)71-14-18-111-65-55(102)50(97)44(91)31(22-79)116-65/h27-35,43-60,64-69,78-82,90-106H,1-26H2,(H,70,83)(H,71,84)(H,72,85)(H,73,107)(H,74,86)(H,75,109)(H,76,108)/t27-,28-,29-,30+,31+,32+,33+,34+,35+,43+,44+,45+,46+,47+,48+,49-,50-,51-,52-,53-,54-,55-,56-,57-,58-,59-,60-,64-,65-,66-,67-,68-,69+/m0/s1. The summed E-state index contributed by atoms with van der Waals surface area (Å²) < 4.78 is 66.0. The molecule has 0 aromatic rings. The molecule has 122 heavy (non-hydrogen) atoms. The van der Waals surface area contributed by atoms with E-state index in [-0.39, 0.29) is 32.2 Å². The lowest BCUT2D eigenvalue weighted by atomic mass is 9.96. The minimum absolute atomic E-state index is 0.105. The Hall–Kier alpha value is -6.46. The SMILES string of the molecule is O=C(CC[C@H](NC(=O)CCCCC(=O)ON1C(=O)CCC1=O)C(=O)N[C@@H](CCC(=O)NCCO[C@H]1O[C@H](CO)[C@@H](O)[C@H](O)[C@@H]1O)C(=O)N[C@@H](CCC(=O)NCCO[C@H]1O[C@H](CO)[C@@H](O)[C@H](O)[C@@H]1O)C(=O)NCCO[C@H]1O[C@H](CO[C@H]2O[C@H](CO)[C@@H](O)[C@H](O)[C@@H]2O)[C@@H](O)[C@H](O[C@H]2O[C@H](CO)[C@@H](O)[C@H](O)[C@@H]2O)[C@@H]1O)NCCO[C@H]1O[C@H](CO)[C@@H](O)[C@H](O)[C@@H]1O. The molecule has 0 spiro atoms. The molecule has 29 N–H and O–H groups in total. The van der Waals surface area contributed by atoms with Crippen molar-refractivity contribution in [3.05, 3.63) is 0 Å². The van der Waals surface area contributed by atoms with Crippen LogP contribution in [0.1, 0.15) is 77.0 Å². The Morgan fingerprint density at radius 1 is 0.328 bits per heavy atom. The Labute approximate surface area is 693 Å². The Kier molecular flexibility index (Phi) is 42.2. The van der Waals surface area contributed by atoms with Crippen LogP contribution in [0.4, 0.5) is 0 Å². The normalized spacial score (nSPS) is 35.7. The van der Waals surface area contributed by atoms with Crippen LogP contribution in [0.3, 0.4) is 0 Å². The highest BCUT2D eigenvalue weighted by atomic mass is 16.8. The number of hydrogen-bond acceptors (Lipinski definition) is 45. The van der Waals surface area contributed by atoms with Crippen LogP contribution in [0.5, 0.6) is 0 Å². The van der Waals surface area contributed by atoms with E-state index in [1.165, 1.54) is 0 Å². The molecule has 0 bridgehead atoms. The monoisotopic (exact) mass is 1770 g/mol. The average Bonchev–Trinajstić information content (AvgIpc) is 0.960. The third-order valence-electron chi connectivity index (χ3n) is 20.5. The zero-order valence-corrected chi connectivity index (χ0v) is 65.6. The number of carbonyl (C=O) groups excluding carboxylic acids is 10. The lowest BCUT2D eigenvalue weighted by Gasteiger charge is -2.46. The maximum Gasteiger partial charge on any atom is 0.333 e. The van der Waals surface area contributed by atoms with Gasteiger partial charge in [0, 0.05) is 71.1 Å². The molecule has 700 valence electrons. The van der Waals surface area contributed by atoms with Crippen molar-refractivity contribution in [3.8, 4) is 0 Å². The smallest absolute Gasteiger partial charge is 0.333 e. The highest BCUT2D eigenvalue weighted by molar-refractivity contribution is 6.01. The molecule has 0 aromatic carbocycles. The Bertz CT molecular complexity index is 3290. The predicted octanol–water partition coefficient (Wildman–Crippen LogP) is -18.7. The Morgan fingerprint density at radius 3 is 1.00 bits per heavy atom. The molecule has 0 aromatic heterocycles. The second-order valence-electron chi connectivity index (χ2n) is 29.4. The number of rotatable bonds is 47. The number of aliphatic hydroxyl groups excluding tert-OH is 22. The first-order chi connectivity index (χ1) is 58.0. The van der Waals surface area contributed by atoms with Crippen LogP contribution >= 0.6 is 0 Å². The molecule has 0 aliphatic carbocycles. The second-order valence-corrected chi connectivity index (χ2v) is 29.4. The van der Waals surface area contributed by atoms with E-state index in [1.54, 1.807) is 0 Å². The molecular formula is C69H114N8O45. The summed E-state index contributed by atoms with van der Waals surface area (Å²) in [4.78, 5) is 140. The van der Waals surface area contributed by atoms with Gasteiger partial charge in [0.15, 0.2) is 37.7 Å². The largest absolute Gasteiger partial charge is 0.394 e. The van der Waals surface area contributed by atoms with Gasteiger partial charge in [-0.05, 0) is 32.1 Å². The molecule has 9 amide bonds. The van der Waals surface area contributed by atoms with E-state index in [0.29, 0.717) is 5.06 Å². The summed E-state index contributed by atoms with van der Waals surface area (Å²) in [6, 6.07) is -5.72. The summed E-state index contributed by atoms with van der Waals surface area (Å²) in [5.41, 5.74) is 0. The van der Waals surface area contributed by atoms with Gasteiger partial charge in [0.2, 0.25) is 41.4 Å². The van der Waals surface area contributed by atoms with E-state index in [0.717, 1.165) is 0 Å². The fourth-order valence-electron chi connectivity index (χ4n) is 13.3. The van der Waals surface area contributed by atoms with Gasteiger partial charge in [-0.3, -0.25) is 43.2 Å². The maximum atomic E-state index is 15.0. The van der Waals surface area contributed by atoms with Crippen molar-refractivity contribution in [3.63, 3.8) is 0 Å². The van der Waals surface area contributed by atoms with E-state index < -0.39 is 399 Å². The van der Waals surface area contributed by atoms with Gasteiger partial charge in [-0.15, -0.1) is 5.06 Å². The first-order valence-electron chi connectivity index (χ1n) is 39.3. The Balaban J connectivity index is 1.12. The summed E-state index contributed by atoms with van der Waals surface area (Å²) >= 11 is 0. The number of nitrogens with zero attached hydrogens (tertiary/aromatic N) is 1. The number of nitrogens with one attached hydrogen (secondary N) is 7. The van der Waals surface area contributed by atoms with E-state index >= 15 is 0 Å². The first-order valence-corrected chi connectivity index (χ1v) is 39.3. The fraction of sp³-hybridized carbons (Fsp3) is 0.855. The Morgan fingerprint density at radius 2 is 0.631 bits per heavy atom.